The lowest BCUT2D eigenvalue weighted by Gasteiger charge is -2.22. The molecule has 1 aliphatic rings. The maximum atomic E-state index is 13.6. The van der Waals surface area contributed by atoms with Crippen molar-refractivity contribution >= 4 is 38.1 Å². The van der Waals surface area contributed by atoms with Crippen LogP contribution in [0.2, 0.25) is 0 Å². The number of hydrogen-bond donors (Lipinski definition) is 1. The third-order valence-corrected chi connectivity index (χ3v) is 7.87. The summed E-state index contributed by atoms with van der Waals surface area (Å²) in [6.07, 6.45) is 1.42. The van der Waals surface area contributed by atoms with E-state index >= 15 is 0 Å². The molecule has 0 fully saturated rings. The van der Waals surface area contributed by atoms with Gasteiger partial charge in [-0.15, -0.1) is 0 Å². The zero-order chi connectivity index (χ0) is 26.4. The van der Waals surface area contributed by atoms with Gasteiger partial charge in [0.15, 0.2) is 23.0 Å². The van der Waals surface area contributed by atoms with Crippen LogP contribution in [0.1, 0.15) is 11.1 Å². The Hall–Kier alpha value is -3.61. The van der Waals surface area contributed by atoms with Gasteiger partial charge in [-0.3, -0.25) is 4.79 Å². The second-order valence-corrected chi connectivity index (χ2v) is 10.6. The molecule has 0 saturated carbocycles. The number of sulfonamides is 1. The summed E-state index contributed by atoms with van der Waals surface area (Å²) in [4.78, 5) is 12.7. The van der Waals surface area contributed by atoms with Crippen LogP contribution in [-0.2, 0) is 21.4 Å². The fourth-order valence-electron chi connectivity index (χ4n) is 3.54. The zero-order valence-electron chi connectivity index (χ0n) is 20.0. The van der Waals surface area contributed by atoms with Crippen LogP contribution >= 0.6 is 15.9 Å². The number of halogens is 1. The van der Waals surface area contributed by atoms with E-state index in [2.05, 4.69) is 26.5 Å². The van der Waals surface area contributed by atoms with Crippen molar-refractivity contribution in [3.05, 3.63) is 76.3 Å². The first kappa shape index (κ1) is 26.5. The number of carbonyl (C=O) groups excluding carboxylic acids is 1. The fourth-order valence-corrected chi connectivity index (χ4v) is 5.37. The highest BCUT2D eigenvalue weighted by Crippen LogP contribution is 2.36. The predicted octanol–water partition coefficient (Wildman–Crippen LogP) is 3.54. The number of amides is 1. The largest absolute Gasteiger partial charge is 0.493 e. The Bertz CT molecular complexity index is 1420. The Morgan fingerprint density at radius 3 is 2.46 bits per heavy atom. The summed E-state index contributed by atoms with van der Waals surface area (Å²) in [5.41, 5.74) is 3.75. The molecular formula is C25H24BrN3O7S. The van der Waals surface area contributed by atoms with Crippen LogP contribution < -0.4 is 24.4 Å². The van der Waals surface area contributed by atoms with Gasteiger partial charge in [-0.2, -0.15) is 9.41 Å². The van der Waals surface area contributed by atoms with Crippen molar-refractivity contribution in [2.75, 3.05) is 27.6 Å². The average molecular weight is 590 g/mol. The van der Waals surface area contributed by atoms with Crippen molar-refractivity contribution in [2.24, 2.45) is 5.10 Å². The summed E-state index contributed by atoms with van der Waals surface area (Å²) in [5.74, 6) is 1.19. The Balaban J connectivity index is 1.54. The molecule has 0 unspecified atom stereocenters. The molecule has 1 amide bonds. The molecule has 37 heavy (non-hydrogen) atoms. The number of hydrazone groups is 1. The number of methoxy groups -OCH3 is 2. The molecule has 3 aromatic rings. The first-order chi connectivity index (χ1) is 17.8. The molecule has 12 heteroatoms. The van der Waals surface area contributed by atoms with Crippen molar-refractivity contribution in [3.63, 3.8) is 0 Å². The minimum Gasteiger partial charge on any atom is -0.493 e. The molecule has 0 aliphatic carbocycles. The van der Waals surface area contributed by atoms with Crippen LogP contribution in [0.15, 0.2) is 75.1 Å². The molecule has 0 bridgehead atoms. The second kappa shape index (κ2) is 11.6. The molecular weight excluding hydrogens is 566 g/mol. The van der Waals surface area contributed by atoms with E-state index in [9.17, 15) is 13.2 Å². The van der Waals surface area contributed by atoms with Crippen LogP contribution in [0, 0.1) is 0 Å². The minimum absolute atomic E-state index is 0.0254. The van der Waals surface area contributed by atoms with E-state index in [1.165, 1.54) is 38.6 Å². The van der Waals surface area contributed by atoms with Crippen molar-refractivity contribution in [1.29, 1.82) is 0 Å². The Morgan fingerprint density at radius 2 is 1.76 bits per heavy atom. The van der Waals surface area contributed by atoms with E-state index in [0.29, 0.717) is 32.8 Å². The number of benzene rings is 3. The molecule has 0 saturated heterocycles. The van der Waals surface area contributed by atoms with E-state index in [4.69, 9.17) is 18.9 Å². The number of ether oxygens (including phenoxy) is 4. The predicted molar refractivity (Wildman–Crippen MR) is 140 cm³/mol. The van der Waals surface area contributed by atoms with E-state index in [-0.39, 0.29) is 24.0 Å². The van der Waals surface area contributed by atoms with E-state index in [1.807, 2.05) is 6.07 Å². The smallest absolute Gasteiger partial charge is 0.255 e. The Labute approximate surface area is 223 Å². The lowest BCUT2D eigenvalue weighted by Crippen LogP contribution is -2.39. The SMILES string of the molecule is COc1ccc(S(=O)(=O)N(CC(=O)NN=Cc2cc3c(cc2Br)OCO3)Cc2ccccc2)cc1OC. The van der Waals surface area contributed by atoms with E-state index in [1.54, 1.807) is 36.4 Å². The first-order valence-corrected chi connectivity index (χ1v) is 13.2. The van der Waals surface area contributed by atoms with Gasteiger partial charge in [0.2, 0.25) is 16.8 Å². The van der Waals surface area contributed by atoms with Gasteiger partial charge in [0.1, 0.15) is 0 Å². The highest BCUT2D eigenvalue weighted by Gasteiger charge is 2.28. The van der Waals surface area contributed by atoms with Crippen molar-refractivity contribution in [2.45, 2.75) is 11.4 Å². The number of hydrogen-bond acceptors (Lipinski definition) is 8. The number of nitrogens with one attached hydrogen (secondary N) is 1. The summed E-state index contributed by atoms with van der Waals surface area (Å²) < 4.78 is 50.0. The van der Waals surface area contributed by atoms with Gasteiger partial charge in [0.25, 0.3) is 5.91 Å². The van der Waals surface area contributed by atoms with Gasteiger partial charge in [0, 0.05) is 22.6 Å². The molecule has 0 aromatic heterocycles. The van der Waals surface area contributed by atoms with Crippen LogP contribution in [0.4, 0.5) is 0 Å². The molecule has 0 spiro atoms. The standard InChI is InChI=1S/C25H24BrN3O7S/c1-33-21-9-8-19(11-22(21)34-2)37(31,32)29(14-17-6-4-3-5-7-17)15-25(30)28-27-13-18-10-23-24(12-20(18)26)36-16-35-23/h3-13H,14-16H2,1-2H3,(H,28,30). The summed E-state index contributed by atoms with van der Waals surface area (Å²) in [7, 11) is -1.22. The van der Waals surface area contributed by atoms with Crippen molar-refractivity contribution in [3.8, 4) is 23.0 Å². The van der Waals surface area contributed by atoms with Gasteiger partial charge in [-0.05, 0) is 45.8 Å². The molecule has 10 nitrogen and oxygen atoms in total. The highest BCUT2D eigenvalue weighted by molar-refractivity contribution is 9.10. The number of carbonyl (C=O) groups is 1. The first-order valence-electron chi connectivity index (χ1n) is 11.0. The van der Waals surface area contributed by atoms with Gasteiger partial charge in [0.05, 0.1) is 31.9 Å². The molecule has 194 valence electrons. The van der Waals surface area contributed by atoms with E-state index < -0.39 is 22.5 Å². The molecule has 1 heterocycles. The second-order valence-electron chi connectivity index (χ2n) is 7.80. The summed E-state index contributed by atoms with van der Waals surface area (Å²) in [5, 5.41) is 3.98. The van der Waals surface area contributed by atoms with Gasteiger partial charge < -0.3 is 18.9 Å². The van der Waals surface area contributed by atoms with Crippen LogP contribution in [0.25, 0.3) is 0 Å². The maximum absolute atomic E-state index is 13.6. The maximum Gasteiger partial charge on any atom is 0.255 e. The fraction of sp³-hybridized carbons (Fsp3) is 0.200. The number of rotatable bonds is 10. The minimum atomic E-state index is -4.10. The summed E-state index contributed by atoms with van der Waals surface area (Å²) >= 11 is 3.42. The lowest BCUT2D eigenvalue weighted by molar-refractivity contribution is -0.121. The number of nitrogens with zero attached hydrogens (tertiary/aromatic N) is 2. The zero-order valence-corrected chi connectivity index (χ0v) is 22.4. The molecule has 0 atom stereocenters. The third kappa shape index (κ3) is 6.21. The third-order valence-electron chi connectivity index (χ3n) is 5.40. The molecule has 1 N–H and O–H groups in total. The van der Waals surface area contributed by atoms with Crippen molar-refractivity contribution in [1.82, 2.24) is 9.73 Å². The summed E-state index contributed by atoms with van der Waals surface area (Å²) in [6.45, 7) is -0.363. The van der Waals surface area contributed by atoms with Gasteiger partial charge in [-0.1, -0.05) is 30.3 Å². The topological polar surface area (TPSA) is 116 Å². The van der Waals surface area contributed by atoms with Gasteiger partial charge in [-0.25, -0.2) is 13.8 Å². The Kier molecular flexibility index (Phi) is 8.31. The molecule has 3 aromatic carbocycles. The average Bonchev–Trinajstić information content (AvgIpc) is 3.35. The highest BCUT2D eigenvalue weighted by atomic mass is 79.9. The van der Waals surface area contributed by atoms with Crippen LogP contribution in [0.5, 0.6) is 23.0 Å². The number of fused-ring (bicyclic) bond motifs is 1. The van der Waals surface area contributed by atoms with E-state index in [0.717, 1.165) is 4.31 Å². The van der Waals surface area contributed by atoms with Crippen LogP contribution in [-0.4, -0.2) is 52.4 Å². The van der Waals surface area contributed by atoms with Crippen LogP contribution in [0.3, 0.4) is 0 Å². The quantitative estimate of drug-likeness (QED) is 0.284. The molecule has 4 rings (SSSR count). The molecule has 0 radical (unpaired) electrons. The Morgan fingerprint density at radius 1 is 1.05 bits per heavy atom. The van der Waals surface area contributed by atoms with Gasteiger partial charge >= 0.3 is 0 Å². The summed E-state index contributed by atoms with van der Waals surface area (Å²) in [6, 6.07) is 16.7. The lowest BCUT2D eigenvalue weighted by atomic mass is 10.2. The monoisotopic (exact) mass is 589 g/mol. The normalized spacial score (nSPS) is 12.6. The van der Waals surface area contributed by atoms with Crippen molar-refractivity contribution < 1.29 is 32.2 Å². The molecule has 1 aliphatic heterocycles.